The van der Waals surface area contributed by atoms with Gasteiger partial charge in [0.25, 0.3) is 0 Å². The van der Waals surface area contributed by atoms with E-state index in [1.807, 2.05) is 12.1 Å². The summed E-state index contributed by atoms with van der Waals surface area (Å²) in [7, 11) is 0. The predicted molar refractivity (Wildman–Crippen MR) is 69.4 cm³/mol. The molecule has 0 saturated carbocycles. The molecule has 2 heteroatoms. The van der Waals surface area contributed by atoms with Crippen molar-refractivity contribution >= 4 is 0 Å². The number of ether oxygens (including phenoxy) is 1. The van der Waals surface area contributed by atoms with Crippen LogP contribution in [0.2, 0.25) is 0 Å². The Bertz CT molecular complexity index is 360. The molecule has 0 spiro atoms. The van der Waals surface area contributed by atoms with E-state index in [2.05, 4.69) is 13.0 Å². The van der Waals surface area contributed by atoms with Crippen LogP contribution < -0.4 is 4.74 Å². The van der Waals surface area contributed by atoms with Gasteiger partial charge in [0.1, 0.15) is 5.75 Å². The van der Waals surface area contributed by atoms with Gasteiger partial charge in [-0.15, -0.1) is 0 Å². The van der Waals surface area contributed by atoms with E-state index >= 15 is 0 Å². The molecular weight excluding hydrogens is 212 g/mol. The summed E-state index contributed by atoms with van der Waals surface area (Å²) >= 11 is 0. The van der Waals surface area contributed by atoms with Crippen LogP contribution in [0, 0.1) is 0 Å². The van der Waals surface area contributed by atoms with Gasteiger partial charge < -0.3 is 9.84 Å². The molecule has 0 aromatic heterocycles. The molecular formula is C15H22O2. The number of unbranched alkanes of at least 4 members (excludes halogenated alkanes) is 3. The molecule has 0 fully saturated rings. The molecule has 1 heterocycles. The lowest BCUT2D eigenvalue weighted by Crippen LogP contribution is -2.00. The number of aliphatic hydroxyl groups excluding tert-OH is 1. The van der Waals surface area contributed by atoms with Gasteiger partial charge in [-0.05, 0) is 12.0 Å². The predicted octanol–water partition coefficient (Wildman–Crippen LogP) is 3.63. The van der Waals surface area contributed by atoms with Gasteiger partial charge in [0.15, 0.2) is 0 Å². The van der Waals surface area contributed by atoms with Crippen LogP contribution in [0.3, 0.4) is 0 Å². The highest BCUT2D eigenvalue weighted by Gasteiger charge is 2.20. The summed E-state index contributed by atoms with van der Waals surface area (Å²) in [6.45, 7) is 2.96. The molecule has 94 valence electrons. The molecule has 2 rings (SSSR count). The van der Waals surface area contributed by atoms with Gasteiger partial charge in [-0.25, -0.2) is 0 Å². The first kappa shape index (κ1) is 12.4. The number of rotatable bonds is 6. The first-order valence-corrected chi connectivity index (χ1v) is 6.75. The molecule has 1 aromatic carbocycles. The minimum Gasteiger partial charge on any atom is -0.493 e. The van der Waals surface area contributed by atoms with Crippen molar-refractivity contribution in [3.8, 4) is 5.75 Å². The normalized spacial score (nSPS) is 15.4. The lowest BCUT2D eigenvalue weighted by molar-refractivity contribution is 0.159. The SMILES string of the molecule is CCCCCCC(O)c1cccc2c1OCC2. The molecule has 1 atom stereocenters. The topological polar surface area (TPSA) is 29.5 Å². The Morgan fingerprint density at radius 3 is 3.00 bits per heavy atom. The van der Waals surface area contributed by atoms with Crippen molar-refractivity contribution in [2.75, 3.05) is 6.61 Å². The summed E-state index contributed by atoms with van der Waals surface area (Å²) in [5, 5.41) is 10.2. The second kappa shape index (κ2) is 6.06. The van der Waals surface area contributed by atoms with Gasteiger partial charge in [0.05, 0.1) is 12.7 Å². The van der Waals surface area contributed by atoms with E-state index in [9.17, 15) is 5.11 Å². The number of benzene rings is 1. The van der Waals surface area contributed by atoms with Crippen LogP contribution in [0.15, 0.2) is 18.2 Å². The van der Waals surface area contributed by atoms with Crippen molar-refractivity contribution in [2.45, 2.75) is 51.6 Å². The number of para-hydroxylation sites is 1. The molecule has 1 aromatic rings. The van der Waals surface area contributed by atoms with E-state index < -0.39 is 0 Å². The fourth-order valence-electron chi connectivity index (χ4n) is 2.42. The Labute approximate surface area is 104 Å². The van der Waals surface area contributed by atoms with Crippen molar-refractivity contribution in [2.24, 2.45) is 0 Å². The maximum absolute atomic E-state index is 10.2. The molecule has 0 aliphatic carbocycles. The Kier molecular flexibility index (Phi) is 4.43. The highest BCUT2D eigenvalue weighted by Crippen LogP contribution is 2.35. The molecule has 0 radical (unpaired) electrons. The van der Waals surface area contributed by atoms with Crippen LogP contribution in [0.25, 0.3) is 0 Å². The number of hydrogen-bond donors (Lipinski definition) is 1. The summed E-state index contributed by atoms with van der Waals surface area (Å²) in [4.78, 5) is 0. The van der Waals surface area contributed by atoms with Crippen LogP contribution >= 0.6 is 0 Å². The first-order valence-electron chi connectivity index (χ1n) is 6.75. The van der Waals surface area contributed by atoms with E-state index in [1.54, 1.807) is 0 Å². The second-order valence-corrected chi connectivity index (χ2v) is 4.80. The van der Waals surface area contributed by atoms with E-state index in [-0.39, 0.29) is 6.10 Å². The van der Waals surface area contributed by atoms with Gasteiger partial charge >= 0.3 is 0 Å². The van der Waals surface area contributed by atoms with E-state index in [1.165, 1.54) is 24.8 Å². The molecule has 0 bridgehead atoms. The molecule has 1 N–H and O–H groups in total. The van der Waals surface area contributed by atoms with Gasteiger partial charge in [-0.2, -0.15) is 0 Å². The van der Waals surface area contributed by atoms with Crippen molar-refractivity contribution < 1.29 is 9.84 Å². The molecule has 1 aliphatic heterocycles. The highest BCUT2D eigenvalue weighted by atomic mass is 16.5. The minimum absolute atomic E-state index is 0.361. The van der Waals surface area contributed by atoms with Crippen LogP contribution in [-0.4, -0.2) is 11.7 Å². The van der Waals surface area contributed by atoms with E-state index in [0.717, 1.165) is 37.2 Å². The molecule has 0 amide bonds. The van der Waals surface area contributed by atoms with Gasteiger partial charge in [0, 0.05) is 12.0 Å². The average Bonchev–Trinajstić information content (AvgIpc) is 2.82. The molecule has 1 aliphatic rings. The lowest BCUT2D eigenvalue weighted by Gasteiger charge is -2.14. The smallest absolute Gasteiger partial charge is 0.128 e. The second-order valence-electron chi connectivity index (χ2n) is 4.80. The number of hydrogen-bond acceptors (Lipinski definition) is 2. The Balaban J connectivity index is 1.95. The Hall–Kier alpha value is -1.02. The Morgan fingerprint density at radius 1 is 1.29 bits per heavy atom. The van der Waals surface area contributed by atoms with Crippen LogP contribution in [-0.2, 0) is 6.42 Å². The fraction of sp³-hybridized carbons (Fsp3) is 0.600. The number of fused-ring (bicyclic) bond motifs is 1. The third-order valence-corrected chi connectivity index (χ3v) is 3.43. The van der Waals surface area contributed by atoms with Crippen LogP contribution in [0.4, 0.5) is 0 Å². The molecule has 0 saturated heterocycles. The van der Waals surface area contributed by atoms with Crippen LogP contribution in [0.1, 0.15) is 56.3 Å². The summed E-state index contributed by atoms with van der Waals surface area (Å²) in [5.41, 5.74) is 2.23. The summed E-state index contributed by atoms with van der Waals surface area (Å²) < 4.78 is 5.62. The summed E-state index contributed by atoms with van der Waals surface area (Å²) in [5.74, 6) is 0.940. The molecule has 2 nitrogen and oxygen atoms in total. The standard InChI is InChI=1S/C15H22O2/c1-2-3-4-5-9-14(16)13-8-6-7-12-10-11-17-15(12)13/h6-8,14,16H,2-5,9-11H2,1H3. The molecule has 17 heavy (non-hydrogen) atoms. The summed E-state index contributed by atoms with van der Waals surface area (Å²) in [6.07, 6.45) is 6.27. The van der Waals surface area contributed by atoms with Crippen molar-refractivity contribution in [1.29, 1.82) is 0 Å². The molecule has 1 unspecified atom stereocenters. The van der Waals surface area contributed by atoms with E-state index in [0.29, 0.717) is 0 Å². The zero-order valence-corrected chi connectivity index (χ0v) is 10.6. The van der Waals surface area contributed by atoms with Gasteiger partial charge in [-0.1, -0.05) is 50.8 Å². The van der Waals surface area contributed by atoms with Crippen molar-refractivity contribution in [1.82, 2.24) is 0 Å². The third-order valence-electron chi connectivity index (χ3n) is 3.43. The number of aliphatic hydroxyl groups is 1. The largest absolute Gasteiger partial charge is 0.493 e. The average molecular weight is 234 g/mol. The maximum Gasteiger partial charge on any atom is 0.128 e. The lowest BCUT2D eigenvalue weighted by atomic mass is 9.99. The van der Waals surface area contributed by atoms with Crippen molar-refractivity contribution in [3.05, 3.63) is 29.3 Å². The fourth-order valence-corrected chi connectivity index (χ4v) is 2.42. The quantitative estimate of drug-likeness (QED) is 0.762. The zero-order valence-electron chi connectivity index (χ0n) is 10.6. The monoisotopic (exact) mass is 234 g/mol. The highest BCUT2D eigenvalue weighted by molar-refractivity contribution is 5.45. The Morgan fingerprint density at radius 2 is 2.18 bits per heavy atom. The third kappa shape index (κ3) is 3.01. The first-order chi connectivity index (χ1) is 8.33. The van der Waals surface area contributed by atoms with E-state index in [4.69, 9.17) is 4.74 Å². The van der Waals surface area contributed by atoms with Gasteiger partial charge in [0.2, 0.25) is 0 Å². The maximum atomic E-state index is 10.2. The summed E-state index contributed by atoms with van der Waals surface area (Å²) in [6, 6.07) is 6.11. The van der Waals surface area contributed by atoms with Crippen molar-refractivity contribution in [3.63, 3.8) is 0 Å². The zero-order chi connectivity index (χ0) is 12.1. The minimum atomic E-state index is -0.361. The van der Waals surface area contributed by atoms with Gasteiger partial charge in [-0.3, -0.25) is 0 Å². The van der Waals surface area contributed by atoms with Crippen LogP contribution in [0.5, 0.6) is 5.75 Å².